The summed E-state index contributed by atoms with van der Waals surface area (Å²) in [7, 11) is 0. The number of nitro benzene ring substituents is 1. The van der Waals surface area contributed by atoms with E-state index in [1.54, 1.807) is 6.07 Å². The molecule has 22 heavy (non-hydrogen) atoms. The number of hydrogen-bond acceptors (Lipinski definition) is 3. The zero-order chi connectivity index (χ0) is 16.3. The second kappa shape index (κ2) is 6.35. The number of rotatable bonds is 4. The first-order valence-corrected chi connectivity index (χ1v) is 6.79. The number of nitrogens with zero attached hydrogens (tertiary/aromatic N) is 1. The maximum atomic E-state index is 12.4. The molecule has 0 heterocycles. The van der Waals surface area contributed by atoms with Crippen molar-refractivity contribution in [3.63, 3.8) is 0 Å². The molecule has 0 bridgehead atoms. The van der Waals surface area contributed by atoms with Crippen LogP contribution in [-0.4, -0.2) is 4.92 Å². The number of benzene rings is 2. The van der Waals surface area contributed by atoms with Crippen LogP contribution in [0, 0.1) is 10.1 Å². The summed E-state index contributed by atoms with van der Waals surface area (Å²) in [6, 6.07) is 8.62. The minimum absolute atomic E-state index is 0.116. The lowest BCUT2D eigenvalue weighted by Crippen LogP contribution is -2.05. The third-order valence-electron chi connectivity index (χ3n) is 2.82. The van der Waals surface area contributed by atoms with E-state index in [-0.39, 0.29) is 18.0 Å². The first kappa shape index (κ1) is 16.3. The highest BCUT2D eigenvalue weighted by Crippen LogP contribution is 2.31. The van der Waals surface area contributed by atoms with Crippen LogP contribution in [0.25, 0.3) is 0 Å². The SMILES string of the molecule is O=[N+]([O-])c1cc(Br)ccc1COc1ccc(C(F)(F)F)cc1. The van der Waals surface area contributed by atoms with E-state index in [1.807, 2.05) is 0 Å². The van der Waals surface area contributed by atoms with Crippen LogP contribution < -0.4 is 4.74 Å². The van der Waals surface area contributed by atoms with Gasteiger partial charge in [-0.2, -0.15) is 13.2 Å². The Morgan fingerprint density at radius 3 is 2.32 bits per heavy atom. The predicted octanol–water partition coefficient (Wildman–Crippen LogP) is 4.96. The number of halogens is 4. The predicted molar refractivity (Wildman–Crippen MR) is 76.6 cm³/mol. The van der Waals surface area contributed by atoms with Crippen molar-refractivity contribution >= 4 is 21.6 Å². The lowest BCUT2D eigenvalue weighted by Gasteiger charge is -2.09. The third kappa shape index (κ3) is 3.97. The van der Waals surface area contributed by atoms with E-state index in [1.165, 1.54) is 24.3 Å². The molecular formula is C14H9BrF3NO3. The average Bonchev–Trinajstić information content (AvgIpc) is 2.45. The Morgan fingerprint density at radius 2 is 1.77 bits per heavy atom. The van der Waals surface area contributed by atoms with Crippen molar-refractivity contribution in [1.29, 1.82) is 0 Å². The van der Waals surface area contributed by atoms with Gasteiger partial charge in [-0.1, -0.05) is 15.9 Å². The topological polar surface area (TPSA) is 52.4 Å². The van der Waals surface area contributed by atoms with E-state index >= 15 is 0 Å². The van der Waals surface area contributed by atoms with Gasteiger partial charge in [-0.05, 0) is 36.4 Å². The third-order valence-corrected chi connectivity index (χ3v) is 3.31. The Morgan fingerprint density at radius 1 is 1.14 bits per heavy atom. The van der Waals surface area contributed by atoms with Crippen molar-refractivity contribution in [3.05, 3.63) is 68.2 Å². The molecule has 0 saturated heterocycles. The highest BCUT2D eigenvalue weighted by Gasteiger charge is 2.30. The lowest BCUT2D eigenvalue weighted by molar-refractivity contribution is -0.385. The molecule has 0 aromatic heterocycles. The summed E-state index contributed by atoms with van der Waals surface area (Å²) < 4.78 is 43.1. The van der Waals surface area contributed by atoms with Gasteiger partial charge in [0.15, 0.2) is 0 Å². The second-order valence-corrected chi connectivity index (χ2v) is 5.26. The standard InChI is InChI=1S/C14H9BrF3NO3/c15-11-4-1-9(13(7-11)19(20)21)8-22-12-5-2-10(3-6-12)14(16,17)18/h1-7H,8H2. The maximum Gasteiger partial charge on any atom is 0.416 e. The van der Waals surface area contributed by atoms with Crippen LogP contribution in [0.3, 0.4) is 0 Å². The molecule has 0 N–H and O–H groups in total. The molecule has 2 aromatic rings. The van der Waals surface area contributed by atoms with Gasteiger partial charge < -0.3 is 4.74 Å². The quantitative estimate of drug-likeness (QED) is 0.560. The summed E-state index contributed by atoms with van der Waals surface area (Å²) in [6.45, 7) is -0.116. The molecule has 0 unspecified atom stereocenters. The molecule has 0 atom stereocenters. The molecule has 116 valence electrons. The van der Waals surface area contributed by atoms with Gasteiger partial charge in [0.05, 0.1) is 16.1 Å². The normalized spacial score (nSPS) is 11.3. The monoisotopic (exact) mass is 375 g/mol. The van der Waals surface area contributed by atoms with Gasteiger partial charge in [0.2, 0.25) is 0 Å². The summed E-state index contributed by atoms with van der Waals surface area (Å²) in [5.74, 6) is 0.199. The van der Waals surface area contributed by atoms with Gasteiger partial charge in [0.25, 0.3) is 5.69 Å². The fraction of sp³-hybridized carbons (Fsp3) is 0.143. The minimum atomic E-state index is -4.41. The molecule has 0 aliphatic carbocycles. The van der Waals surface area contributed by atoms with Crippen LogP contribution in [0.2, 0.25) is 0 Å². The Hall–Kier alpha value is -2.09. The summed E-state index contributed by atoms with van der Waals surface area (Å²) in [4.78, 5) is 10.4. The molecule has 0 aliphatic rings. The van der Waals surface area contributed by atoms with Gasteiger partial charge in [-0.15, -0.1) is 0 Å². The van der Waals surface area contributed by atoms with Crippen molar-refractivity contribution in [1.82, 2.24) is 0 Å². The highest BCUT2D eigenvalue weighted by molar-refractivity contribution is 9.10. The molecule has 0 aliphatic heterocycles. The molecule has 4 nitrogen and oxygen atoms in total. The highest BCUT2D eigenvalue weighted by atomic mass is 79.9. The smallest absolute Gasteiger partial charge is 0.416 e. The van der Waals surface area contributed by atoms with Gasteiger partial charge in [0, 0.05) is 10.5 Å². The Balaban J connectivity index is 2.12. The molecule has 2 rings (SSSR count). The molecule has 8 heteroatoms. The number of alkyl halides is 3. The summed E-state index contributed by atoms with van der Waals surface area (Å²) in [5, 5.41) is 10.9. The van der Waals surface area contributed by atoms with Crippen molar-refractivity contribution < 1.29 is 22.8 Å². The number of hydrogen-bond donors (Lipinski definition) is 0. The first-order valence-electron chi connectivity index (χ1n) is 6.00. The van der Waals surface area contributed by atoms with Crippen LogP contribution >= 0.6 is 15.9 Å². The zero-order valence-corrected chi connectivity index (χ0v) is 12.5. The van der Waals surface area contributed by atoms with E-state index < -0.39 is 16.7 Å². The summed E-state index contributed by atoms with van der Waals surface area (Å²) in [5.41, 5.74) is -0.580. The molecule has 0 saturated carbocycles. The molecule has 0 fully saturated rings. The minimum Gasteiger partial charge on any atom is -0.489 e. The van der Waals surface area contributed by atoms with Crippen LogP contribution in [0.1, 0.15) is 11.1 Å². The Labute approximate surface area is 131 Å². The lowest BCUT2D eigenvalue weighted by atomic mass is 10.2. The van der Waals surface area contributed by atoms with Crippen LogP contribution in [-0.2, 0) is 12.8 Å². The van der Waals surface area contributed by atoms with Crippen LogP contribution in [0.4, 0.5) is 18.9 Å². The van der Waals surface area contributed by atoms with Crippen molar-refractivity contribution in [2.75, 3.05) is 0 Å². The van der Waals surface area contributed by atoms with Gasteiger partial charge >= 0.3 is 6.18 Å². The van der Waals surface area contributed by atoms with E-state index in [2.05, 4.69) is 15.9 Å². The summed E-state index contributed by atoms with van der Waals surface area (Å²) >= 11 is 3.14. The largest absolute Gasteiger partial charge is 0.489 e. The van der Waals surface area contributed by atoms with Crippen molar-refractivity contribution in [2.45, 2.75) is 12.8 Å². The molecule has 0 amide bonds. The molecule has 0 spiro atoms. The number of nitro groups is 1. The molecule has 2 aromatic carbocycles. The van der Waals surface area contributed by atoms with E-state index in [0.717, 1.165) is 12.1 Å². The van der Waals surface area contributed by atoms with Gasteiger partial charge in [-0.3, -0.25) is 10.1 Å². The Kier molecular flexibility index (Phi) is 4.70. The van der Waals surface area contributed by atoms with Crippen molar-refractivity contribution in [3.8, 4) is 5.75 Å². The van der Waals surface area contributed by atoms with Gasteiger partial charge in [0.1, 0.15) is 12.4 Å². The van der Waals surface area contributed by atoms with Crippen LogP contribution in [0.15, 0.2) is 46.9 Å². The fourth-order valence-corrected chi connectivity index (χ4v) is 2.08. The second-order valence-electron chi connectivity index (χ2n) is 4.34. The molecule has 0 radical (unpaired) electrons. The maximum absolute atomic E-state index is 12.4. The molecular weight excluding hydrogens is 367 g/mol. The average molecular weight is 376 g/mol. The zero-order valence-electron chi connectivity index (χ0n) is 10.9. The number of ether oxygens (including phenoxy) is 1. The van der Waals surface area contributed by atoms with Crippen molar-refractivity contribution in [2.24, 2.45) is 0 Å². The summed E-state index contributed by atoms with van der Waals surface area (Å²) in [6.07, 6.45) is -4.41. The fourth-order valence-electron chi connectivity index (χ4n) is 1.73. The first-order chi connectivity index (χ1) is 10.3. The van der Waals surface area contributed by atoms with Gasteiger partial charge in [-0.25, -0.2) is 0 Å². The van der Waals surface area contributed by atoms with Crippen LogP contribution in [0.5, 0.6) is 5.75 Å². The van der Waals surface area contributed by atoms with E-state index in [4.69, 9.17) is 4.74 Å². The van der Waals surface area contributed by atoms with E-state index in [0.29, 0.717) is 10.0 Å². The Bertz CT molecular complexity index is 687. The van der Waals surface area contributed by atoms with E-state index in [9.17, 15) is 23.3 Å².